The van der Waals surface area contributed by atoms with E-state index in [0.717, 1.165) is 10.2 Å². The van der Waals surface area contributed by atoms with Crippen molar-refractivity contribution in [1.29, 1.82) is 0 Å². The molecule has 9 heteroatoms. The van der Waals surface area contributed by atoms with Crippen LogP contribution in [0.2, 0.25) is 0 Å². The van der Waals surface area contributed by atoms with Crippen molar-refractivity contribution in [3.05, 3.63) is 59.9 Å². The van der Waals surface area contributed by atoms with Gasteiger partial charge in [-0.3, -0.25) is 14.8 Å². The van der Waals surface area contributed by atoms with Crippen molar-refractivity contribution >= 4 is 33.3 Å². The number of rotatable bonds is 6. The van der Waals surface area contributed by atoms with Gasteiger partial charge in [0, 0.05) is 12.4 Å². The average Bonchev–Trinajstić information content (AvgIpc) is 3.18. The van der Waals surface area contributed by atoms with Crippen LogP contribution in [-0.4, -0.2) is 37.6 Å². The molecular formula is C19H15N5O3S. The minimum Gasteiger partial charge on any atom is -0.506 e. The van der Waals surface area contributed by atoms with Crippen molar-refractivity contribution in [2.24, 2.45) is 0 Å². The van der Waals surface area contributed by atoms with Gasteiger partial charge in [-0.25, -0.2) is 9.97 Å². The molecule has 0 unspecified atom stereocenters. The molecule has 0 fully saturated rings. The van der Waals surface area contributed by atoms with Crippen molar-refractivity contribution in [3.63, 3.8) is 0 Å². The number of nitrogens with zero attached hydrogens (tertiary/aromatic N) is 4. The summed E-state index contributed by atoms with van der Waals surface area (Å²) < 4.78 is 5.40. The molecule has 0 spiro atoms. The van der Waals surface area contributed by atoms with E-state index >= 15 is 0 Å². The number of pyridine rings is 2. The van der Waals surface area contributed by atoms with Gasteiger partial charge < -0.3 is 15.2 Å². The largest absolute Gasteiger partial charge is 0.506 e. The average molecular weight is 393 g/mol. The number of hydrogen-bond donors (Lipinski definition) is 2. The van der Waals surface area contributed by atoms with Crippen LogP contribution in [0.15, 0.2) is 54.3 Å². The summed E-state index contributed by atoms with van der Waals surface area (Å²) in [6.45, 7) is -0.00412. The summed E-state index contributed by atoms with van der Waals surface area (Å²) in [5.41, 5.74) is 1.30. The summed E-state index contributed by atoms with van der Waals surface area (Å²) in [7, 11) is 0. The van der Waals surface area contributed by atoms with E-state index in [-0.39, 0.29) is 24.9 Å². The lowest BCUT2D eigenvalue weighted by atomic mass is 10.3. The number of carbonyl (C=O) groups is 1. The maximum Gasteiger partial charge on any atom is 0.251 e. The monoisotopic (exact) mass is 393 g/mol. The number of aromatic hydroxyl groups is 1. The third-order valence-corrected chi connectivity index (χ3v) is 4.57. The first-order valence-electron chi connectivity index (χ1n) is 8.36. The highest BCUT2D eigenvalue weighted by Gasteiger charge is 2.13. The van der Waals surface area contributed by atoms with Crippen LogP contribution < -0.4 is 5.32 Å². The Kier molecular flexibility index (Phi) is 5.18. The van der Waals surface area contributed by atoms with E-state index in [2.05, 4.69) is 25.3 Å². The summed E-state index contributed by atoms with van der Waals surface area (Å²) >= 11 is 1.46. The highest BCUT2D eigenvalue weighted by molar-refractivity contribution is 7.16. The molecule has 4 aromatic heterocycles. The molecule has 2 N–H and O–H groups in total. The standard InChI is InChI=1S/C19H15N5O3S/c25-13-7-12(8-20-9-13)10-27-11-16(26)22-17-14-4-6-28-19(14)24-18(23-17)15-3-1-2-5-21-15/h1-9,25H,10-11H2,(H,22,23,24,26). The molecule has 1 amide bonds. The highest BCUT2D eigenvalue weighted by Crippen LogP contribution is 2.27. The molecular weight excluding hydrogens is 378 g/mol. The van der Waals surface area contributed by atoms with E-state index in [1.165, 1.54) is 23.6 Å². The molecule has 0 aliphatic carbocycles. The molecule has 140 valence electrons. The van der Waals surface area contributed by atoms with Gasteiger partial charge in [-0.2, -0.15) is 0 Å². The number of hydrogen-bond acceptors (Lipinski definition) is 8. The first-order valence-corrected chi connectivity index (χ1v) is 9.24. The fourth-order valence-corrected chi connectivity index (χ4v) is 3.31. The number of anilines is 1. The normalized spacial score (nSPS) is 10.9. The third kappa shape index (κ3) is 4.11. The van der Waals surface area contributed by atoms with Crippen LogP contribution in [-0.2, 0) is 16.1 Å². The van der Waals surface area contributed by atoms with Crippen LogP contribution >= 0.6 is 11.3 Å². The lowest BCUT2D eigenvalue weighted by molar-refractivity contribution is -0.121. The lowest BCUT2D eigenvalue weighted by Crippen LogP contribution is -2.19. The Labute approximate surface area is 163 Å². The summed E-state index contributed by atoms with van der Waals surface area (Å²) in [6.07, 6.45) is 4.56. The molecule has 0 radical (unpaired) electrons. The van der Waals surface area contributed by atoms with Crippen LogP contribution in [0.5, 0.6) is 5.75 Å². The van der Waals surface area contributed by atoms with Crippen LogP contribution in [0.4, 0.5) is 5.82 Å². The van der Waals surface area contributed by atoms with Gasteiger partial charge >= 0.3 is 0 Å². The van der Waals surface area contributed by atoms with E-state index < -0.39 is 0 Å². The van der Waals surface area contributed by atoms with Crippen LogP contribution in [0.25, 0.3) is 21.7 Å². The Morgan fingerprint density at radius 1 is 1.21 bits per heavy atom. The fraction of sp³-hybridized carbons (Fsp3) is 0.105. The zero-order chi connectivity index (χ0) is 19.3. The zero-order valence-electron chi connectivity index (χ0n) is 14.6. The molecule has 4 aromatic rings. The molecule has 0 bridgehead atoms. The van der Waals surface area contributed by atoms with E-state index in [1.54, 1.807) is 12.4 Å². The molecule has 0 aliphatic rings. The molecule has 0 aromatic carbocycles. The van der Waals surface area contributed by atoms with Crippen LogP contribution in [0.3, 0.4) is 0 Å². The Balaban J connectivity index is 1.47. The fourth-order valence-electron chi connectivity index (χ4n) is 2.54. The van der Waals surface area contributed by atoms with Gasteiger partial charge in [-0.05, 0) is 35.2 Å². The number of amides is 1. The van der Waals surface area contributed by atoms with E-state index in [9.17, 15) is 9.90 Å². The number of nitrogens with one attached hydrogen (secondary N) is 1. The van der Waals surface area contributed by atoms with E-state index in [0.29, 0.717) is 22.9 Å². The molecule has 4 heterocycles. The second-order valence-electron chi connectivity index (χ2n) is 5.84. The predicted octanol–water partition coefficient (Wildman–Crippen LogP) is 3.01. The molecule has 0 atom stereocenters. The van der Waals surface area contributed by atoms with E-state index in [1.807, 2.05) is 29.6 Å². The van der Waals surface area contributed by atoms with E-state index in [4.69, 9.17) is 4.74 Å². The zero-order valence-corrected chi connectivity index (χ0v) is 15.4. The lowest BCUT2D eigenvalue weighted by Gasteiger charge is -2.08. The third-order valence-electron chi connectivity index (χ3n) is 3.76. The van der Waals surface area contributed by atoms with Gasteiger partial charge in [0.25, 0.3) is 5.91 Å². The van der Waals surface area contributed by atoms with Crippen molar-refractivity contribution in [1.82, 2.24) is 19.9 Å². The number of carbonyl (C=O) groups excluding carboxylic acids is 1. The first-order chi connectivity index (χ1) is 13.7. The SMILES string of the molecule is O=C(COCc1cncc(O)c1)Nc1nc(-c2ccccn2)nc2sccc12. The van der Waals surface area contributed by atoms with Gasteiger partial charge in [-0.15, -0.1) is 11.3 Å². The minimum absolute atomic E-state index is 0.0495. The van der Waals surface area contributed by atoms with Crippen molar-refractivity contribution in [3.8, 4) is 17.3 Å². The second-order valence-corrected chi connectivity index (χ2v) is 6.74. The number of fused-ring (bicyclic) bond motifs is 1. The highest BCUT2D eigenvalue weighted by atomic mass is 32.1. The Morgan fingerprint density at radius 2 is 2.14 bits per heavy atom. The van der Waals surface area contributed by atoms with Crippen LogP contribution in [0.1, 0.15) is 5.56 Å². The van der Waals surface area contributed by atoms with Crippen LogP contribution in [0, 0.1) is 0 Å². The first kappa shape index (κ1) is 18.0. The molecule has 8 nitrogen and oxygen atoms in total. The Hall–Kier alpha value is -3.43. The van der Waals surface area contributed by atoms with Gasteiger partial charge in [0.1, 0.15) is 28.7 Å². The summed E-state index contributed by atoms with van der Waals surface area (Å²) in [6, 6.07) is 8.87. The Morgan fingerprint density at radius 3 is 2.96 bits per heavy atom. The second kappa shape index (κ2) is 8.07. The smallest absolute Gasteiger partial charge is 0.251 e. The number of aromatic nitrogens is 4. The minimum atomic E-state index is -0.341. The maximum absolute atomic E-state index is 12.3. The van der Waals surface area contributed by atoms with Crippen molar-refractivity contribution in [2.75, 3.05) is 11.9 Å². The van der Waals surface area contributed by atoms with Crippen molar-refractivity contribution < 1.29 is 14.6 Å². The quantitative estimate of drug-likeness (QED) is 0.518. The summed E-state index contributed by atoms with van der Waals surface area (Å²) in [5.74, 6) is 0.567. The van der Waals surface area contributed by atoms with Gasteiger partial charge in [0.2, 0.25) is 0 Å². The number of thiophene rings is 1. The van der Waals surface area contributed by atoms with Gasteiger partial charge in [0.05, 0.1) is 18.2 Å². The predicted molar refractivity (Wildman–Crippen MR) is 105 cm³/mol. The molecule has 0 saturated heterocycles. The maximum atomic E-state index is 12.3. The molecule has 28 heavy (non-hydrogen) atoms. The van der Waals surface area contributed by atoms with Crippen molar-refractivity contribution in [2.45, 2.75) is 6.61 Å². The Bertz CT molecular complexity index is 1120. The molecule has 0 saturated carbocycles. The van der Waals surface area contributed by atoms with Gasteiger partial charge in [-0.1, -0.05) is 6.07 Å². The summed E-state index contributed by atoms with van der Waals surface area (Å²) in [4.78, 5) is 30.2. The molecule has 4 rings (SSSR count). The summed E-state index contributed by atoms with van der Waals surface area (Å²) in [5, 5.41) is 14.8. The topological polar surface area (TPSA) is 110 Å². The number of ether oxygens (including phenoxy) is 1. The molecule has 0 aliphatic heterocycles. The van der Waals surface area contributed by atoms with Gasteiger partial charge in [0.15, 0.2) is 5.82 Å².